The molecule has 30 heavy (non-hydrogen) atoms. The van der Waals surface area contributed by atoms with Gasteiger partial charge < -0.3 is 4.90 Å². The Kier molecular flexibility index (Phi) is 6.71. The molecule has 2 unspecified atom stereocenters. The highest BCUT2D eigenvalue weighted by atomic mass is 35.5. The Labute approximate surface area is 181 Å². The molecule has 0 amide bonds. The Bertz CT molecular complexity index is 831. The monoisotopic (exact) mass is 436 g/mol. The van der Waals surface area contributed by atoms with E-state index in [-0.39, 0.29) is 5.92 Å². The summed E-state index contributed by atoms with van der Waals surface area (Å²) < 4.78 is 39.9. The lowest BCUT2D eigenvalue weighted by Gasteiger charge is -2.31. The smallest absolute Gasteiger partial charge is 0.303 e. The predicted octanol–water partition coefficient (Wildman–Crippen LogP) is 6.06. The van der Waals surface area contributed by atoms with Crippen molar-refractivity contribution in [3.05, 3.63) is 70.2 Å². The molecule has 0 bridgehead atoms. The number of nitrogens with zero attached hydrogens (tertiary/aromatic N) is 2. The molecule has 4 rings (SSSR count). The minimum Gasteiger partial charge on any atom is -0.303 e. The minimum absolute atomic E-state index is 0.113. The molecular formula is C24H28ClF3N2. The van der Waals surface area contributed by atoms with Gasteiger partial charge in [0.05, 0.1) is 5.56 Å². The molecule has 2 aliphatic heterocycles. The van der Waals surface area contributed by atoms with Crippen LogP contribution < -0.4 is 0 Å². The second kappa shape index (κ2) is 9.29. The lowest BCUT2D eigenvalue weighted by Crippen LogP contribution is -2.36. The van der Waals surface area contributed by atoms with E-state index >= 15 is 0 Å². The van der Waals surface area contributed by atoms with Crippen LogP contribution in [0.1, 0.15) is 41.9 Å². The number of benzene rings is 2. The van der Waals surface area contributed by atoms with Crippen LogP contribution >= 0.6 is 11.6 Å². The first-order chi connectivity index (χ1) is 14.4. The minimum atomic E-state index is -4.31. The zero-order chi connectivity index (χ0) is 21.1. The van der Waals surface area contributed by atoms with Gasteiger partial charge in [-0.2, -0.15) is 13.2 Å². The molecule has 2 nitrogen and oxygen atoms in total. The largest absolute Gasteiger partial charge is 0.416 e. The van der Waals surface area contributed by atoms with Crippen molar-refractivity contribution in [3.8, 4) is 0 Å². The van der Waals surface area contributed by atoms with Crippen molar-refractivity contribution in [2.45, 2.75) is 37.9 Å². The first-order valence-corrected chi connectivity index (χ1v) is 11.1. The van der Waals surface area contributed by atoms with Crippen molar-refractivity contribution in [1.82, 2.24) is 9.80 Å². The van der Waals surface area contributed by atoms with E-state index in [1.807, 2.05) is 30.3 Å². The maximum Gasteiger partial charge on any atom is 0.416 e. The Balaban J connectivity index is 1.54. The van der Waals surface area contributed by atoms with E-state index in [9.17, 15) is 13.2 Å². The molecule has 2 saturated heterocycles. The van der Waals surface area contributed by atoms with Gasteiger partial charge in [-0.05, 0) is 61.2 Å². The van der Waals surface area contributed by atoms with Crippen LogP contribution in [0.2, 0.25) is 5.02 Å². The number of likely N-dealkylation sites (tertiary alicyclic amines) is 2. The van der Waals surface area contributed by atoms with E-state index in [0.717, 1.165) is 44.8 Å². The molecule has 2 aromatic rings. The summed E-state index contributed by atoms with van der Waals surface area (Å²) in [5.74, 6) is 0.445. The van der Waals surface area contributed by atoms with Crippen LogP contribution in [0, 0.1) is 5.92 Å². The first kappa shape index (κ1) is 21.7. The number of rotatable bonds is 5. The van der Waals surface area contributed by atoms with Crippen molar-refractivity contribution < 1.29 is 13.2 Å². The fourth-order valence-electron chi connectivity index (χ4n) is 4.92. The molecule has 2 aromatic carbocycles. The molecule has 2 heterocycles. The van der Waals surface area contributed by atoms with E-state index in [2.05, 4.69) is 9.80 Å². The van der Waals surface area contributed by atoms with Gasteiger partial charge in [-0.3, -0.25) is 4.90 Å². The molecule has 0 aliphatic carbocycles. The highest BCUT2D eigenvalue weighted by Gasteiger charge is 2.37. The maximum atomic E-state index is 13.3. The standard InChI is InChI=1S/C24H28ClF3N2/c25-22-9-7-18(8-10-22)14-30-16-20(15-29-11-2-1-3-12-29)23(17-30)19-5-4-6-21(13-19)24(26,27)28/h4-10,13,20,23H,1-3,11-12,14-17H2. The van der Waals surface area contributed by atoms with Gasteiger partial charge >= 0.3 is 6.18 Å². The SMILES string of the molecule is FC(F)(F)c1cccc(C2CN(Cc3ccc(Cl)cc3)CC2CN2CCCCC2)c1. The van der Waals surface area contributed by atoms with Crippen LogP contribution in [0.15, 0.2) is 48.5 Å². The van der Waals surface area contributed by atoms with E-state index in [4.69, 9.17) is 11.6 Å². The molecule has 2 aliphatic rings. The fourth-order valence-corrected chi connectivity index (χ4v) is 5.05. The topological polar surface area (TPSA) is 6.48 Å². The Morgan fingerprint density at radius 1 is 0.900 bits per heavy atom. The summed E-state index contributed by atoms with van der Waals surface area (Å²) in [6, 6.07) is 13.8. The Hall–Kier alpha value is -1.56. The van der Waals surface area contributed by atoms with Gasteiger partial charge in [0.1, 0.15) is 0 Å². The first-order valence-electron chi connectivity index (χ1n) is 10.7. The summed E-state index contributed by atoms with van der Waals surface area (Å²) in [5, 5.41) is 0.713. The summed E-state index contributed by atoms with van der Waals surface area (Å²) in [4.78, 5) is 4.88. The van der Waals surface area contributed by atoms with Gasteiger partial charge in [-0.25, -0.2) is 0 Å². The van der Waals surface area contributed by atoms with Gasteiger partial charge in [0.25, 0.3) is 0 Å². The van der Waals surface area contributed by atoms with Crippen LogP contribution in [0.5, 0.6) is 0 Å². The van der Waals surface area contributed by atoms with Crippen molar-refractivity contribution in [2.24, 2.45) is 5.92 Å². The number of hydrogen-bond acceptors (Lipinski definition) is 2. The van der Waals surface area contributed by atoms with Crippen LogP contribution in [-0.4, -0.2) is 42.5 Å². The third-order valence-corrected chi connectivity index (χ3v) is 6.67. The summed E-state index contributed by atoms with van der Waals surface area (Å²) in [5.41, 5.74) is 1.44. The molecule has 0 saturated carbocycles. The highest BCUT2D eigenvalue weighted by molar-refractivity contribution is 6.30. The van der Waals surface area contributed by atoms with E-state index < -0.39 is 11.7 Å². The lowest BCUT2D eigenvalue weighted by molar-refractivity contribution is -0.137. The summed E-state index contributed by atoms with van der Waals surface area (Å²) >= 11 is 6.00. The van der Waals surface area contributed by atoms with Gasteiger partial charge in [0.15, 0.2) is 0 Å². The van der Waals surface area contributed by atoms with E-state index in [1.165, 1.54) is 37.0 Å². The second-order valence-corrected chi connectivity index (χ2v) is 9.11. The van der Waals surface area contributed by atoms with Gasteiger partial charge in [-0.15, -0.1) is 0 Å². The number of hydrogen-bond donors (Lipinski definition) is 0. The van der Waals surface area contributed by atoms with Crippen molar-refractivity contribution >= 4 is 11.6 Å². The number of alkyl halides is 3. The van der Waals surface area contributed by atoms with E-state index in [0.29, 0.717) is 10.9 Å². The average Bonchev–Trinajstić information content (AvgIpc) is 3.12. The third-order valence-electron chi connectivity index (χ3n) is 6.42. The third kappa shape index (κ3) is 5.37. The molecule has 0 aromatic heterocycles. The quantitative estimate of drug-likeness (QED) is 0.562. The van der Waals surface area contributed by atoms with Crippen LogP contribution in [0.4, 0.5) is 13.2 Å². The molecule has 0 radical (unpaired) electrons. The van der Waals surface area contributed by atoms with Crippen molar-refractivity contribution in [2.75, 3.05) is 32.7 Å². The lowest BCUT2D eigenvalue weighted by atomic mass is 9.87. The molecule has 0 spiro atoms. The van der Waals surface area contributed by atoms with Gasteiger partial charge in [0, 0.05) is 37.1 Å². The molecule has 0 N–H and O–H groups in total. The van der Waals surface area contributed by atoms with Crippen molar-refractivity contribution in [3.63, 3.8) is 0 Å². The highest BCUT2D eigenvalue weighted by Crippen LogP contribution is 2.37. The number of halogens is 4. The normalized spacial score (nSPS) is 23.7. The van der Waals surface area contributed by atoms with Gasteiger partial charge in [0.2, 0.25) is 0 Å². The zero-order valence-electron chi connectivity index (χ0n) is 17.0. The molecular weight excluding hydrogens is 409 g/mol. The Morgan fingerprint density at radius 2 is 1.63 bits per heavy atom. The maximum absolute atomic E-state index is 13.3. The van der Waals surface area contributed by atoms with Crippen LogP contribution in [-0.2, 0) is 12.7 Å². The average molecular weight is 437 g/mol. The molecule has 6 heteroatoms. The summed E-state index contributed by atoms with van der Waals surface area (Å²) in [7, 11) is 0. The number of piperidine rings is 1. The summed E-state index contributed by atoms with van der Waals surface area (Å²) in [6.07, 6.45) is -0.592. The summed E-state index contributed by atoms with van der Waals surface area (Å²) in [6.45, 7) is 5.63. The van der Waals surface area contributed by atoms with Crippen molar-refractivity contribution in [1.29, 1.82) is 0 Å². The van der Waals surface area contributed by atoms with E-state index in [1.54, 1.807) is 6.07 Å². The van der Waals surface area contributed by atoms with Gasteiger partial charge in [-0.1, -0.05) is 48.4 Å². The Morgan fingerprint density at radius 3 is 2.33 bits per heavy atom. The molecule has 2 fully saturated rings. The second-order valence-electron chi connectivity index (χ2n) is 8.67. The molecule has 2 atom stereocenters. The predicted molar refractivity (Wildman–Crippen MR) is 115 cm³/mol. The fraction of sp³-hybridized carbons (Fsp3) is 0.500. The zero-order valence-corrected chi connectivity index (χ0v) is 17.8. The van der Waals surface area contributed by atoms with Crippen LogP contribution in [0.3, 0.4) is 0 Å². The molecule has 162 valence electrons. The van der Waals surface area contributed by atoms with Crippen LogP contribution in [0.25, 0.3) is 0 Å².